The summed E-state index contributed by atoms with van der Waals surface area (Å²) >= 11 is 0. The monoisotopic (exact) mass is 314 g/mol. The summed E-state index contributed by atoms with van der Waals surface area (Å²) in [7, 11) is 0. The number of hydrogen-bond acceptors (Lipinski definition) is 5. The molecule has 0 radical (unpaired) electrons. The Bertz CT molecular complexity index is 815. The standard InChI is InChI=1S/C17H18N2O4/c1-11-8-17(21)23-15-9-13(6-7-14(11)15)22-10-16(20)19-18-12-4-2-3-5-12/h6-9H,2-5,10H2,1H3,(H,19,20). The molecule has 0 unspecified atom stereocenters. The summed E-state index contributed by atoms with van der Waals surface area (Å²) < 4.78 is 10.6. The van der Waals surface area contributed by atoms with Crippen LogP contribution >= 0.6 is 0 Å². The maximum Gasteiger partial charge on any atom is 0.336 e. The SMILES string of the molecule is Cc1cc(=O)oc2cc(OCC(=O)NN=C3CCCC3)ccc12. The number of aryl methyl sites for hydroxylation is 1. The molecule has 2 aromatic rings. The number of nitrogens with one attached hydrogen (secondary N) is 1. The second-order valence-corrected chi connectivity index (χ2v) is 5.62. The van der Waals surface area contributed by atoms with E-state index in [0.717, 1.165) is 42.3 Å². The average molecular weight is 314 g/mol. The number of benzene rings is 1. The minimum atomic E-state index is -0.405. The molecular weight excluding hydrogens is 296 g/mol. The predicted octanol–water partition coefficient (Wildman–Crippen LogP) is 2.53. The summed E-state index contributed by atoms with van der Waals surface area (Å²) in [5.74, 6) is 0.158. The van der Waals surface area contributed by atoms with Gasteiger partial charge in [0.15, 0.2) is 6.61 Å². The van der Waals surface area contributed by atoms with Gasteiger partial charge in [-0.05, 0) is 50.3 Å². The molecule has 23 heavy (non-hydrogen) atoms. The Morgan fingerprint density at radius 2 is 2.09 bits per heavy atom. The fourth-order valence-corrected chi connectivity index (χ4v) is 2.61. The number of carbonyl (C=O) groups is 1. The highest BCUT2D eigenvalue weighted by atomic mass is 16.5. The molecule has 1 aromatic heterocycles. The zero-order chi connectivity index (χ0) is 16.2. The van der Waals surface area contributed by atoms with E-state index in [4.69, 9.17) is 9.15 Å². The summed E-state index contributed by atoms with van der Waals surface area (Å²) in [4.78, 5) is 23.1. The lowest BCUT2D eigenvalue weighted by atomic mass is 10.1. The van der Waals surface area contributed by atoms with Crippen LogP contribution < -0.4 is 15.8 Å². The van der Waals surface area contributed by atoms with Gasteiger partial charge >= 0.3 is 5.63 Å². The van der Waals surface area contributed by atoms with Gasteiger partial charge < -0.3 is 9.15 Å². The van der Waals surface area contributed by atoms with Crippen LogP contribution in [0.15, 0.2) is 38.6 Å². The van der Waals surface area contributed by atoms with Gasteiger partial charge in [0.2, 0.25) is 0 Å². The minimum absolute atomic E-state index is 0.141. The first-order valence-corrected chi connectivity index (χ1v) is 7.63. The maximum absolute atomic E-state index is 11.7. The van der Waals surface area contributed by atoms with Crippen molar-refractivity contribution in [3.8, 4) is 5.75 Å². The third kappa shape index (κ3) is 3.77. The summed E-state index contributed by atoms with van der Waals surface area (Å²) in [5.41, 5.74) is 4.41. The highest BCUT2D eigenvalue weighted by Crippen LogP contribution is 2.22. The zero-order valence-electron chi connectivity index (χ0n) is 12.9. The molecule has 120 valence electrons. The van der Waals surface area contributed by atoms with E-state index in [0.29, 0.717) is 11.3 Å². The molecule has 6 nitrogen and oxygen atoms in total. The van der Waals surface area contributed by atoms with Crippen molar-refractivity contribution in [1.29, 1.82) is 0 Å². The smallest absolute Gasteiger partial charge is 0.336 e. The maximum atomic E-state index is 11.7. The number of fused-ring (bicyclic) bond motifs is 1. The Kier molecular flexibility index (Phi) is 4.41. The molecule has 1 aliphatic rings. The van der Waals surface area contributed by atoms with Gasteiger partial charge in [-0.2, -0.15) is 5.10 Å². The van der Waals surface area contributed by atoms with E-state index in [1.165, 1.54) is 6.07 Å². The average Bonchev–Trinajstić information content (AvgIpc) is 3.03. The molecule has 6 heteroatoms. The number of carbonyl (C=O) groups excluding carboxylic acids is 1. The van der Waals surface area contributed by atoms with Crippen LogP contribution in [0.4, 0.5) is 0 Å². The summed E-state index contributed by atoms with van der Waals surface area (Å²) in [5, 5.41) is 4.93. The highest BCUT2D eigenvalue weighted by Gasteiger charge is 2.09. The van der Waals surface area contributed by atoms with Gasteiger partial charge in [-0.25, -0.2) is 10.2 Å². The molecule has 0 spiro atoms. The van der Waals surface area contributed by atoms with Crippen LogP contribution in [0.25, 0.3) is 11.0 Å². The molecule has 1 aromatic carbocycles. The largest absolute Gasteiger partial charge is 0.484 e. The lowest BCUT2D eigenvalue weighted by Gasteiger charge is -2.07. The molecule has 0 saturated heterocycles. The number of hydrogen-bond donors (Lipinski definition) is 1. The van der Waals surface area contributed by atoms with Crippen molar-refractivity contribution in [2.75, 3.05) is 6.61 Å². The number of ether oxygens (including phenoxy) is 1. The number of nitrogens with zero attached hydrogens (tertiary/aromatic N) is 1. The van der Waals surface area contributed by atoms with Gasteiger partial charge in [-0.1, -0.05) is 0 Å². The van der Waals surface area contributed by atoms with Crippen molar-refractivity contribution in [3.05, 3.63) is 40.2 Å². The van der Waals surface area contributed by atoms with E-state index in [2.05, 4.69) is 10.5 Å². The van der Waals surface area contributed by atoms with Crippen molar-refractivity contribution in [1.82, 2.24) is 5.43 Å². The van der Waals surface area contributed by atoms with E-state index in [1.807, 2.05) is 6.92 Å². The predicted molar refractivity (Wildman–Crippen MR) is 86.8 cm³/mol. The molecule has 1 N–H and O–H groups in total. The number of rotatable bonds is 4. The first-order valence-electron chi connectivity index (χ1n) is 7.63. The molecule has 1 saturated carbocycles. The Hall–Kier alpha value is -2.63. The lowest BCUT2D eigenvalue weighted by Crippen LogP contribution is -2.25. The molecule has 1 heterocycles. The van der Waals surface area contributed by atoms with Crippen LogP contribution in [0.2, 0.25) is 0 Å². The summed E-state index contributed by atoms with van der Waals surface area (Å²) in [6.07, 6.45) is 4.16. The van der Waals surface area contributed by atoms with Gasteiger partial charge in [0.1, 0.15) is 11.3 Å². The Morgan fingerprint density at radius 1 is 1.30 bits per heavy atom. The van der Waals surface area contributed by atoms with Gasteiger partial charge in [-0.3, -0.25) is 4.79 Å². The molecule has 3 rings (SSSR count). The first kappa shape index (κ1) is 15.3. The van der Waals surface area contributed by atoms with E-state index in [1.54, 1.807) is 18.2 Å². The van der Waals surface area contributed by atoms with Crippen molar-refractivity contribution in [2.24, 2.45) is 5.10 Å². The van der Waals surface area contributed by atoms with Crippen molar-refractivity contribution in [2.45, 2.75) is 32.6 Å². The van der Waals surface area contributed by atoms with Crippen LogP contribution in [0.1, 0.15) is 31.2 Å². The van der Waals surface area contributed by atoms with Gasteiger partial charge in [-0.15, -0.1) is 0 Å². The second-order valence-electron chi connectivity index (χ2n) is 5.62. The molecule has 0 atom stereocenters. The topological polar surface area (TPSA) is 80.9 Å². The molecule has 1 aliphatic carbocycles. The first-order chi connectivity index (χ1) is 11.1. The van der Waals surface area contributed by atoms with E-state index in [9.17, 15) is 9.59 Å². The fraction of sp³-hybridized carbons (Fsp3) is 0.353. The van der Waals surface area contributed by atoms with Crippen LogP contribution in [0.3, 0.4) is 0 Å². The van der Waals surface area contributed by atoms with Gasteiger partial charge in [0.25, 0.3) is 5.91 Å². The van der Waals surface area contributed by atoms with Crippen molar-refractivity contribution < 1.29 is 13.9 Å². The molecular formula is C17H18N2O4. The van der Waals surface area contributed by atoms with E-state index in [-0.39, 0.29) is 12.5 Å². The third-order valence-electron chi connectivity index (χ3n) is 3.81. The highest BCUT2D eigenvalue weighted by molar-refractivity contribution is 5.88. The van der Waals surface area contributed by atoms with Crippen molar-refractivity contribution >= 4 is 22.6 Å². The van der Waals surface area contributed by atoms with Crippen LogP contribution in [-0.4, -0.2) is 18.2 Å². The Balaban J connectivity index is 1.63. The lowest BCUT2D eigenvalue weighted by molar-refractivity contribution is -0.123. The summed E-state index contributed by atoms with van der Waals surface area (Å²) in [6.45, 7) is 1.70. The summed E-state index contributed by atoms with van der Waals surface area (Å²) in [6, 6.07) is 6.60. The third-order valence-corrected chi connectivity index (χ3v) is 3.81. The number of amides is 1. The molecule has 0 aliphatic heterocycles. The molecule has 1 fully saturated rings. The van der Waals surface area contributed by atoms with Gasteiger partial charge in [0, 0.05) is 23.2 Å². The van der Waals surface area contributed by atoms with Crippen molar-refractivity contribution in [3.63, 3.8) is 0 Å². The van der Waals surface area contributed by atoms with Crippen LogP contribution in [-0.2, 0) is 4.79 Å². The number of hydrazone groups is 1. The zero-order valence-corrected chi connectivity index (χ0v) is 12.9. The normalized spacial score (nSPS) is 14.0. The molecule has 1 amide bonds. The second kappa shape index (κ2) is 6.64. The van der Waals surface area contributed by atoms with Gasteiger partial charge in [0.05, 0.1) is 0 Å². The van der Waals surface area contributed by atoms with E-state index < -0.39 is 5.63 Å². The Labute approximate surface area is 133 Å². The Morgan fingerprint density at radius 3 is 2.87 bits per heavy atom. The van der Waals surface area contributed by atoms with Crippen LogP contribution in [0, 0.1) is 6.92 Å². The fourth-order valence-electron chi connectivity index (χ4n) is 2.61. The van der Waals surface area contributed by atoms with Crippen LogP contribution in [0.5, 0.6) is 5.75 Å². The minimum Gasteiger partial charge on any atom is -0.484 e. The quantitative estimate of drug-likeness (QED) is 0.694. The van der Waals surface area contributed by atoms with E-state index >= 15 is 0 Å². The molecule has 0 bridgehead atoms.